The first kappa shape index (κ1) is 20.9. The maximum atomic E-state index is 13.2. The summed E-state index contributed by atoms with van der Waals surface area (Å²) < 4.78 is 39.5. The molecular weight excluding hydrogens is 454 g/mol. The molecular formula is C17H10Cl2F3N3OS2. The summed E-state index contributed by atoms with van der Waals surface area (Å²) in [4.78, 5) is 20.4. The van der Waals surface area contributed by atoms with Crippen molar-refractivity contribution in [2.75, 3.05) is 11.1 Å². The molecule has 1 N–H and O–H groups in total. The number of nitrogens with one attached hydrogen (secondary N) is 1. The first-order valence-corrected chi connectivity index (χ1v) is 10.2. The molecule has 11 heteroatoms. The minimum atomic E-state index is -4.62. The van der Waals surface area contributed by atoms with Gasteiger partial charge < -0.3 is 5.32 Å². The van der Waals surface area contributed by atoms with Crippen LogP contribution in [0.15, 0.2) is 46.9 Å². The van der Waals surface area contributed by atoms with Crippen LogP contribution in [0, 0.1) is 0 Å². The topological polar surface area (TPSA) is 54.9 Å². The highest BCUT2D eigenvalue weighted by atomic mass is 35.5. The van der Waals surface area contributed by atoms with Crippen LogP contribution in [0.5, 0.6) is 0 Å². The smallest absolute Gasteiger partial charge is 0.324 e. The molecule has 1 aromatic carbocycles. The number of anilines is 1. The van der Waals surface area contributed by atoms with Crippen LogP contribution in [0.25, 0.3) is 10.6 Å². The SMILES string of the molecule is O=C(CSc1nc(-c2cccs2)cc(C(F)(F)F)n1)Nc1cc(Cl)ccc1Cl. The number of nitrogens with zero attached hydrogens (tertiary/aromatic N) is 2. The molecule has 0 spiro atoms. The van der Waals surface area contributed by atoms with E-state index in [4.69, 9.17) is 23.2 Å². The highest BCUT2D eigenvalue weighted by Crippen LogP contribution is 2.33. The summed E-state index contributed by atoms with van der Waals surface area (Å²) in [6, 6.07) is 8.83. The Morgan fingerprint density at radius 1 is 1.18 bits per heavy atom. The van der Waals surface area contributed by atoms with Crippen LogP contribution in [0.3, 0.4) is 0 Å². The van der Waals surface area contributed by atoms with Crippen molar-refractivity contribution < 1.29 is 18.0 Å². The van der Waals surface area contributed by atoms with E-state index in [1.54, 1.807) is 23.6 Å². The van der Waals surface area contributed by atoms with Gasteiger partial charge in [-0.2, -0.15) is 13.2 Å². The van der Waals surface area contributed by atoms with Gasteiger partial charge in [-0.05, 0) is 35.7 Å². The van der Waals surface area contributed by atoms with Crippen molar-refractivity contribution in [1.82, 2.24) is 9.97 Å². The van der Waals surface area contributed by atoms with E-state index in [2.05, 4.69) is 15.3 Å². The predicted molar refractivity (Wildman–Crippen MR) is 106 cm³/mol. The lowest BCUT2D eigenvalue weighted by atomic mass is 10.3. The van der Waals surface area contributed by atoms with E-state index in [1.807, 2.05) is 0 Å². The third-order valence-corrected chi connectivity index (χ3v) is 5.61. The van der Waals surface area contributed by atoms with Gasteiger partial charge in [0, 0.05) is 5.02 Å². The summed E-state index contributed by atoms with van der Waals surface area (Å²) in [6.07, 6.45) is -4.62. The van der Waals surface area contributed by atoms with Gasteiger partial charge in [0.05, 0.1) is 27.0 Å². The van der Waals surface area contributed by atoms with E-state index in [1.165, 1.54) is 23.5 Å². The van der Waals surface area contributed by atoms with Crippen LogP contribution in [-0.2, 0) is 11.0 Å². The van der Waals surface area contributed by atoms with Crippen molar-refractivity contribution >= 4 is 57.9 Å². The van der Waals surface area contributed by atoms with Gasteiger partial charge in [0.1, 0.15) is 5.69 Å². The summed E-state index contributed by atoms with van der Waals surface area (Å²) in [5.74, 6) is -0.679. The van der Waals surface area contributed by atoms with Gasteiger partial charge in [-0.3, -0.25) is 4.79 Å². The third kappa shape index (κ3) is 5.38. The average Bonchev–Trinajstić information content (AvgIpc) is 3.17. The summed E-state index contributed by atoms with van der Waals surface area (Å²) in [7, 11) is 0. The first-order chi connectivity index (χ1) is 13.2. The van der Waals surface area contributed by atoms with E-state index < -0.39 is 17.8 Å². The molecule has 4 nitrogen and oxygen atoms in total. The molecule has 3 aromatic rings. The lowest BCUT2D eigenvalue weighted by molar-refractivity contribution is -0.141. The summed E-state index contributed by atoms with van der Waals surface area (Å²) in [5, 5.41) is 4.82. The molecule has 28 heavy (non-hydrogen) atoms. The lowest BCUT2D eigenvalue weighted by Crippen LogP contribution is -2.15. The summed E-state index contributed by atoms with van der Waals surface area (Å²) in [6.45, 7) is 0. The third-order valence-electron chi connectivity index (χ3n) is 3.30. The second kappa shape index (κ2) is 8.69. The second-order valence-corrected chi connectivity index (χ2v) is 8.09. The first-order valence-electron chi connectivity index (χ1n) is 7.60. The predicted octanol–water partition coefficient (Wildman–Crippen LogP) is 6.26. The Kier molecular flexibility index (Phi) is 6.49. The molecule has 0 radical (unpaired) electrons. The Morgan fingerprint density at radius 2 is 1.96 bits per heavy atom. The van der Waals surface area contributed by atoms with Crippen molar-refractivity contribution in [3.8, 4) is 10.6 Å². The fourth-order valence-corrected chi connectivity index (χ4v) is 3.78. The number of aromatic nitrogens is 2. The van der Waals surface area contributed by atoms with Gasteiger partial charge in [-0.25, -0.2) is 9.97 Å². The molecule has 0 saturated carbocycles. The van der Waals surface area contributed by atoms with Crippen LogP contribution < -0.4 is 5.32 Å². The van der Waals surface area contributed by atoms with E-state index in [0.29, 0.717) is 15.6 Å². The molecule has 3 rings (SSSR count). The summed E-state index contributed by atoms with van der Waals surface area (Å²) >= 11 is 13.9. The number of thioether (sulfide) groups is 1. The van der Waals surface area contributed by atoms with Crippen LogP contribution >= 0.6 is 46.3 Å². The summed E-state index contributed by atoms with van der Waals surface area (Å²) in [5.41, 5.74) is -0.603. The van der Waals surface area contributed by atoms with Crippen molar-refractivity contribution in [3.05, 3.63) is 57.5 Å². The van der Waals surface area contributed by atoms with E-state index in [9.17, 15) is 18.0 Å². The number of halogens is 5. The molecule has 0 atom stereocenters. The zero-order valence-electron chi connectivity index (χ0n) is 13.8. The number of hydrogen-bond donors (Lipinski definition) is 1. The zero-order valence-corrected chi connectivity index (χ0v) is 16.9. The van der Waals surface area contributed by atoms with Crippen molar-refractivity contribution in [3.63, 3.8) is 0 Å². The Labute approximate surface area is 176 Å². The molecule has 0 bridgehead atoms. The molecule has 0 unspecified atom stereocenters. The fraction of sp³-hybridized carbons (Fsp3) is 0.118. The maximum Gasteiger partial charge on any atom is 0.433 e. The second-order valence-electron chi connectivity index (χ2n) is 5.36. The molecule has 2 aromatic heterocycles. The van der Waals surface area contributed by atoms with Gasteiger partial charge in [-0.15, -0.1) is 11.3 Å². The monoisotopic (exact) mass is 463 g/mol. The zero-order chi connectivity index (χ0) is 20.3. The van der Waals surface area contributed by atoms with Gasteiger partial charge in [-0.1, -0.05) is 41.0 Å². The molecule has 0 saturated heterocycles. The molecule has 146 valence electrons. The minimum absolute atomic E-state index is 0.148. The number of thiophene rings is 1. The quantitative estimate of drug-likeness (QED) is 0.358. The van der Waals surface area contributed by atoms with Crippen LogP contribution in [0.4, 0.5) is 18.9 Å². The molecule has 0 aliphatic heterocycles. The van der Waals surface area contributed by atoms with Gasteiger partial charge in [0.2, 0.25) is 5.91 Å². The number of rotatable bonds is 5. The molecule has 0 aliphatic carbocycles. The number of carbonyl (C=O) groups excluding carboxylic acids is 1. The molecule has 1 amide bonds. The van der Waals surface area contributed by atoms with Crippen LogP contribution in [0.1, 0.15) is 5.69 Å². The largest absolute Gasteiger partial charge is 0.433 e. The van der Waals surface area contributed by atoms with Crippen molar-refractivity contribution in [2.45, 2.75) is 11.3 Å². The average molecular weight is 464 g/mol. The van der Waals surface area contributed by atoms with Crippen molar-refractivity contribution in [2.24, 2.45) is 0 Å². The van der Waals surface area contributed by atoms with E-state index >= 15 is 0 Å². The number of amides is 1. The molecule has 0 aliphatic rings. The molecule has 2 heterocycles. The van der Waals surface area contributed by atoms with Crippen LogP contribution in [-0.4, -0.2) is 21.6 Å². The lowest BCUT2D eigenvalue weighted by Gasteiger charge is -2.10. The Hall–Kier alpha value is -1.81. The van der Waals surface area contributed by atoms with E-state index in [-0.39, 0.29) is 21.6 Å². The number of carbonyl (C=O) groups is 1. The fourth-order valence-electron chi connectivity index (χ4n) is 2.10. The highest BCUT2D eigenvalue weighted by Gasteiger charge is 2.34. The number of hydrogen-bond acceptors (Lipinski definition) is 5. The van der Waals surface area contributed by atoms with Gasteiger partial charge in [0.25, 0.3) is 0 Å². The molecule has 0 fully saturated rings. The number of alkyl halides is 3. The minimum Gasteiger partial charge on any atom is -0.324 e. The van der Waals surface area contributed by atoms with Crippen LogP contribution in [0.2, 0.25) is 10.0 Å². The Balaban J connectivity index is 1.77. The number of benzene rings is 1. The maximum absolute atomic E-state index is 13.2. The normalized spacial score (nSPS) is 11.5. The van der Waals surface area contributed by atoms with Gasteiger partial charge in [0.15, 0.2) is 5.16 Å². The Bertz CT molecular complexity index is 998. The van der Waals surface area contributed by atoms with Crippen molar-refractivity contribution in [1.29, 1.82) is 0 Å². The van der Waals surface area contributed by atoms with E-state index in [0.717, 1.165) is 17.8 Å². The van der Waals surface area contributed by atoms with Gasteiger partial charge >= 0.3 is 6.18 Å². The highest BCUT2D eigenvalue weighted by molar-refractivity contribution is 7.99. The standard InChI is InChI=1S/C17H10Cl2F3N3OS2/c18-9-3-4-10(19)11(6-9)23-15(26)8-28-16-24-12(13-2-1-5-27-13)7-14(25-16)17(20,21)22/h1-7H,8H2,(H,23,26). The Morgan fingerprint density at radius 3 is 2.64 bits per heavy atom.